The quantitative estimate of drug-likeness (QED) is 0.535. The summed E-state index contributed by atoms with van der Waals surface area (Å²) in [6, 6.07) is 9.03. The Morgan fingerprint density at radius 1 is 1.13 bits per heavy atom. The Kier molecular flexibility index (Phi) is 5.85. The van der Waals surface area contributed by atoms with E-state index in [2.05, 4.69) is 23.3 Å². The normalized spacial score (nSPS) is 31.1. The summed E-state index contributed by atoms with van der Waals surface area (Å²) in [6.07, 6.45) is 9.86. The number of fused-ring (bicyclic) bond motifs is 4. The standard InChI is InChI=1S/C29H35N5O3.CH4/c1-27(30)18-29(32-15-21-13-20-3-2-12-37-23(20)16-31-21)10-8-28(27,9-11-29)14-22-17-33-24(35)6-4-19-5-7-25(36)34(22)26(19)33;/h4-7,13,16,22,32H,2-3,8-12,14-15,17-18,30H2,1H3;1H4/t22-,27+,28?,29?;/m1./s1. The van der Waals surface area contributed by atoms with Crippen LogP contribution >= 0.6 is 0 Å². The van der Waals surface area contributed by atoms with Gasteiger partial charge in [-0.1, -0.05) is 7.43 Å². The highest BCUT2D eigenvalue weighted by atomic mass is 16.5. The summed E-state index contributed by atoms with van der Waals surface area (Å²) < 4.78 is 9.37. The number of hydrogen-bond donors (Lipinski definition) is 2. The first kappa shape index (κ1) is 25.3. The number of pyridine rings is 3. The van der Waals surface area contributed by atoms with E-state index in [4.69, 9.17) is 10.5 Å². The third-order valence-corrected chi connectivity index (χ3v) is 10.0. The number of nitrogens with one attached hydrogen (secondary N) is 1. The molecule has 5 aliphatic rings. The summed E-state index contributed by atoms with van der Waals surface area (Å²) >= 11 is 0. The molecule has 0 amide bonds. The van der Waals surface area contributed by atoms with Crippen LogP contribution in [0.25, 0.3) is 11.0 Å². The van der Waals surface area contributed by atoms with Gasteiger partial charge >= 0.3 is 0 Å². The zero-order valence-electron chi connectivity index (χ0n) is 21.5. The van der Waals surface area contributed by atoms with Crippen LogP contribution in [0.15, 0.2) is 46.1 Å². The Hall–Kier alpha value is -2.97. The molecule has 3 aliphatic carbocycles. The van der Waals surface area contributed by atoms with E-state index in [0.717, 1.165) is 87.0 Å². The van der Waals surface area contributed by atoms with Crippen LogP contribution in [0.4, 0.5) is 0 Å². The van der Waals surface area contributed by atoms with Gasteiger partial charge in [-0.15, -0.1) is 0 Å². The molecule has 3 aromatic rings. The van der Waals surface area contributed by atoms with Gasteiger partial charge in [0.15, 0.2) is 0 Å². The monoisotopic (exact) mass is 517 g/mol. The molecule has 0 radical (unpaired) electrons. The summed E-state index contributed by atoms with van der Waals surface area (Å²) in [5, 5.41) is 4.81. The topological polar surface area (TPSA) is 104 Å². The molecule has 0 saturated heterocycles. The van der Waals surface area contributed by atoms with Gasteiger partial charge in [0.2, 0.25) is 0 Å². The second-order valence-corrected chi connectivity index (χ2v) is 12.2. The largest absolute Gasteiger partial charge is 0.492 e. The van der Waals surface area contributed by atoms with E-state index in [-0.39, 0.29) is 41.1 Å². The van der Waals surface area contributed by atoms with Crippen LogP contribution < -0.4 is 26.9 Å². The van der Waals surface area contributed by atoms with Crippen molar-refractivity contribution >= 4 is 11.0 Å². The lowest BCUT2D eigenvalue weighted by atomic mass is 9.47. The lowest BCUT2D eigenvalue weighted by Crippen LogP contribution is -2.69. The van der Waals surface area contributed by atoms with Crippen molar-refractivity contribution in [2.24, 2.45) is 11.1 Å². The van der Waals surface area contributed by atoms with E-state index in [1.165, 1.54) is 5.56 Å². The SMILES string of the molecule is C.C[C@]1(N)CC2(NCc3cc4c(cn3)OCCC4)CCC1(C[C@@H]1Cn3c(=O)ccc4ccc(=O)n1c43)CC2. The highest BCUT2D eigenvalue weighted by molar-refractivity contribution is 5.76. The molecule has 2 aliphatic heterocycles. The summed E-state index contributed by atoms with van der Waals surface area (Å²) in [5.41, 5.74) is 9.73. The molecule has 2 bridgehead atoms. The maximum absolute atomic E-state index is 13.0. The summed E-state index contributed by atoms with van der Waals surface area (Å²) in [7, 11) is 0. The summed E-state index contributed by atoms with van der Waals surface area (Å²) in [4.78, 5) is 30.3. The van der Waals surface area contributed by atoms with Crippen LogP contribution in [-0.4, -0.2) is 31.8 Å². The van der Waals surface area contributed by atoms with Crippen molar-refractivity contribution in [3.63, 3.8) is 0 Å². The fourth-order valence-electron chi connectivity index (χ4n) is 7.96. The smallest absolute Gasteiger partial charge is 0.252 e. The number of rotatable bonds is 5. The number of aromatic nitrogens is 3. The molecule has 202 valence electrons. The van der Waals surface area contributed by atoms with Gasteiger partial charge in [0, 0.05) is 41.7 Å². The maximum atomic E-state index is 13.0. The molecule has 3 N–H and O–H groups in total. The van der Waals surface area contributed by atoms with Crippen LogP contribution in [0.2, 0.25) is 0 Å². The van der Waals surface area contributed by atoms with Crippen LogP contribution in [0, 0.1) is 5.41 Å². The summed E-state index contributed by atoms with van der Waals surface area (Å²) in [6.45, 7) is 4.26. The molecular formula is C30H39N5O3. The van der Waals surface area contributed by atoms with E-state index in [9.17, 15) is 9.59 Å². The Balaban J connectivity index is 0.00000264. The first-order chi connectivity index (χ1) is 17.8. The Bertz CT molecular complexity index is 1510. The van der Waals surface area contributed by atoms with Crippen LogP contribution in [0.5, 0.6) is 5.75 Å². The van der Waals surface area contributed by atoms with Crippen molar-refractivity contribution in [2.45, 2.75) is 95.9 Å². The van der Waals surface area contributed by atoms with Crippen molar-refractivity contribution in [3.05, 3.63) is 68.5 Å². The minimum atomic E-state index is -0.370. The van der Waals surface area contributed by atoms with Crippen LogP contribution in [0.3, 0.4) is 0 Å². The molecule has 0 aromatic carbocycles. The number of ether oxygens (including phenoxy) is 1. The summed E-state index contributed by atoms with van der Waals surface area (Å²) in [5.74, 6) is 0.925. The zero-order valence-corrected chi connectivity index (χ0v) is 21.5. The van der Waals surface area contributed by atoms with Gasteiger partial charge in [0.1, 0.15) is 11.4 Å². The van der Waals surface area contributed by atoms with Gasteiger partial charge in [-0.25, -0.2) is 0 Å². The Morgan fingerprint density at radius 3 is 2.66 bits per heavy atom. The van der Waals surface area contributed by atoms with Crippen molar-refractivity contribution in [1.82, 2.24) is 19.4 Å². The van der Waals surface area contributed by atoms with E-state index in [1.54, 1.807) is 16.7 Å². The lowest BCUT2D eigenvalue weighted by molar-refractivity contribution is -0.0622. The third kappa shape index (κ3) is 3.75. The number of nitrogens with two attached hydrogens (primary N) is 1. The zero-order chi connectivity index (χ0) is 25.4. The second-order valence-electron chi connectivity index (χ2n) is 12.2. The van der Waals surface area contributed by atoms with E-state index in [1.807, 2.05) is 22.9 Å². The highest BCUT2D eigenvalue weighted by Crippen LogP contribution is 2.60. The minimum Gasteiger partial charge on any atom is -0.492 e. The van der Waals surface area contributed by atoms with E-state index >= 15 is 0 Å². The van der Waals surface area contributed by atoms with Gasteiger partial charge < -0.3 is 15.8 Å². The maximum Gasteiger partial charge on any atom is 0.252 e. The molecule has 5 heterocycles. The van der Waals surface area contributed by atoms with Crippen LogP contribution in [0.1, 0.15) is 76.6 Å². The Labute approximate surface area is 223 Å². The third-order valence-electron chi connectivity index (χ3n) is 10.0. The molecule has 38 heavy (non-hydrogen) atoms. The van der Waals surface area contributed by atoms with Crippen molar-refractivity contribution in [2.75, 3.05) is 6.61 Å². The fraction of sp³-hybridized carbons (Fsp3) is 0.567. The average molecular weight is 518 g/mol. The van der Waals surface area contributed by atoms with E-state index < -0.39 is 0 Å². The van der Waals surface area contributed by atoms with Gasteiger partial charge in [-0.3, -0.25) is 23.7 Å². The molecule has 3 fully saturated rings. The first-order valence-electron chi connectivity index (χ1n) is 13.7. The van der Waals surface area contributed by atoms with Crippen molar-refractivity contribution < 1.29 is 4.74 Å². The highest BCUT2D eigenvalue weighted by Gasteiger charge is 2.59. The van der Waals surface area contributed by atoms with Gasteiger partial charge in [0.25, 0.3) is 11.1 Å². The van der Waals surface area contributed by atoms with E-state index in [0.29, 0.717) is 6.54 Å². The number of aryl methyl sites for hydroxylation is 1. The molecule has 0 unspecified atom stereocenters. The van der Waals surface area contributed by atoms with Crippen LogP contribution in [-0.2, 0) is 19.5 Å². The van der Waals surface area contributed by atoms with Gasteiger partial charge in [0.05, 0.1) is 24.5 Å². The Morgan fingerprint density at radius 2 is 1.89 bits per heavy atom. The van der Waals surface area contributed by atoms with Gasteiger partial charge in [-0.05, 0) is 87.5 Å². The first-order valence-corrected chi connectivity index (χ1v) is 13.7. The molecule has 8 rings (SSSR count). The number of hydrogen-bond acceptors (Lipinski definition) is 6. The minimum absolute atomic E-state index is 0. The molecule has 8 nitrogen and oxygen atoms in total. The fourth-order valence-corrected chi connectivity index (χ4v) is 7.96. The molecule has 2 atom stereocenters. The van der Waals surface area contributed by atoms with Crippen molar-refractivity contribution in [1.29, 1.82) is 0 Å². The molecule has 8 heteroatoms. The second kappa shape index (κ2) is 8.78. The predicted molar refractivity (Wildman–Crippen MR) is 149 cm³/mol. The molecule has 3 saturated carbocycles. The number of nitrogens with zero attached hydrogens (tertiary/aromatic N) is 3. The molecule has 0 spiro atoms. The molecular weight excluding hydrogens is 478 g/mol. The molecule has 3 aromatic heterocycles. The lowest BCUT2D eigenvalue weighted by Gasteiger charge is -2.63. The predicted octanol–water partition coefficient (Wildman–Crippen LogP) is 3.67. The average Bonchev–Trinajstić information content (AvgIpc) is 3.28. The van der Waals surface area contributed by atoms with Gasteiger partial charge in [-0.2, -0.15) is 0 Å². The van der Waals surface area contributed by atoms with Crippen molar-refractivity contribution in [3.8, 4) is 5.75 Å².